The predicted molar refractivity (Wildman–Crippen MR) is 188 cm³/mol. The Morgan fingerprint density at radius 1 is 0.957 bits per heavy atom. The summed E-state index contributed by atoms with van der Waals surface area (Å²) < 4.78 is 4.89. The lowest BCUT2D eigenvalue weighted by molar-refractivity contribution is -0.146. The number of amides is 4. The lowest BCUT2D eigenvalue weighted by atomic mass is 9.84. The standard InChI is InChI=1S/C35H61N5O6S/c1-22(2)28(38(9)33(44)29(35(6,7)8)37-31(42)26-15-12-13-18-39(26)23(3)4)21-24(5)32(43)40-19-14-16-27(40)30(41)36-25(17-20-47-11)34(45)46-10/h21-23,25-29H,12-20H2,1-11H3,(H,36,41)(H,37,42)/b24-21+. The zero-order valence-electron chi connectivity index (χ0n) is 30.7. The highest BCUT2D eigenvalue weighted by Crippen LogP contribution is 2.27. The number of likely N-dealkylation sites (N-methyl/N-ethyl adjacent to an activating group) is 1. The van der Waals surface area contributed by atoms with Crippen molar-refractivity contribution < 1.29 is 28.7 Å². The van der Waals surface area contributed by atoms with Crippen LogP contribution in [-0.4, -0.2) is 120 Å². The molecule has 2 N–H and O–H groups in total. The second-order valence-electron chi connectivity index (χ2n) is 14.7. The quantitative estimate of drug-likeness (QED) is 0.211. The van der Waals surface area contributed by atoms with Gasteiger partial charge in [0.15, 0.2) is 0 Å². The molecule has 0 aliphatic carbocycles. The van der Waals surface area contributed by atoms with Crippen LogP contribution in [0.5, 0.6) is 0 Å². The zero-order chi connectivity index (χ0) is 35.6. The number of hydrogen-bond acceptors (Lipinski definition) is 8. The van der Waals surface area contributed by atoms with E-state index < -0.39 is 35.6 Å². The number of rotatable bonds is 14. The van der Waals surface area contributed by atoms with Gasteiger partial charge in [-0.15, -0.1) is 0 Å². The molecule has 2 saturated heterocycles. The van der Waals surface area contributed by atoms with E-state index in [9.17, 15) is 24.0 Å². The van der Waals surface area contributed by atoms with Gasteiger partial charge in [-0.2, -0.15) is 11.8 Å². The molecule has 0 spiro atoms. The van der Waals surface area contributed by atoms with Crippen LogP contribution in [0, 0.1) is 11.3 Å². The van der Waals surface area contributed by atoms with Crippen LogP contribution >= 0.6 is 11.8 Å². The van der Waals surface area contributed by atoms with Crippen molar-refractivity contribution in [3.8, 4) is 0 Å². The molecule has 0 aromatic heterocycles. The maximum Gasteiger partial charge on any atom is 0.328 e. The van der Waals surface area contributed by atoms with E-state index in [0.29, 0.717) is 37.1 Å². The SMILES string of the molecule is COC(=O)C(CCSC)NC(=O)C1CCCN1C(=O)/C(C)=C/C(C(C)C)N(C)C(=O)C(NC(=O)C1CCCCN1C(C)C)C(C)(C)C. The number of nitrogens with one attached hydrogen (secondary N) is 2. The number of ether oxygens (including phenoxy) is 1. The summed E-state index contributed by atoms with van der Waals surface area (Å²) >= 11 is 1.57. The Morgan fingerprint density at radius 3 is 2.13 bits per heavy atom. The summed E-state index contributed by atoms with van der Waals surface area (Å²) in [5.41, 5.74) is -0.122. The van der Waals surface area contributed by atoms with E-state index in [2.05, 4.69) is 29.4 Å². The average Bonchev–Trinajstić information content (AvgIpc) is 3.52. The van der Waals surface area contributed by atoms with E-state index in [-0.39, 0.29) is 41.6 Å². The van der Waals surface area contributed by atoms with E-state index in [1.54, 1.807) is 41.6 Å². The first kappa shape index (κ1) is 40.6. The first-order valence-corrected chi connectivity index (χ1v) is 18.5. The second kappa shape index (κ2) is 18.2. The van der Waals surface area contributed by atoms with E-state index in [0.717, 1.165) is 25.8 Å². The van der Waals surface area contributed by atoms with Gasteiger partial charge in [0.25, 0.3) is 0 Å². The van der Waals surface area contributed by atoms with Crippen molar-refractivity contribution in [3.05, 3.63) is 11.6 Å². The Kier molecular flexibility index (Phi) is 15.7. The predicted octanol–water partition coefficient (Wildman–Crippen LogP) is 3.61. The van der Waals surface area contributed by atoms with Crippen molar-refractivity contribution in [2.45, 2.75) is 130 Å². The van der Waals surface area contributed by atoms with Gasteiger partial charge in [-0.25, -0.2) is 4.79 Å². The molecule has 2 aliphatic rings. The molecule has 4 amide bonds. The molecule has 0 radical (unpaired) electrons. The highest BCUT2D eigenvalue weighted by Gasteiger charge is 2.41. The van der Waals surface area contributed by atoms with Crippen LogP contribution in [0.1, 0.15) is 93.9 Å². The van der Waals surface area contributed by atoms with E-state index in [4.69, 9.17) is 4.74 Å². The van der Waals surface area contributed by atoms with E-state index in [1.165, 1.54) is 7.11 Å². The lowest BCUT2D eigenvalue weighted by Crippen LogP contribution is -2.60. The number of methoxy groups -OCH3 is 1. The molecular weight excluding hydrogens is 618 g/mol. The van der Waals surface area contributed by atoms with Crippen LogP contribution in [0.3, 0.4) is 0 Å². The number of thioether (sulfide) groups is 1. The van der Waals surface area contributed by atoms with Crippen LogP contribution in [0.2, 0.25) is 0 Å². The molecule has 0 bridgehead atoms. The molecule has 2 aliphatic heterocycles. The molecule has 47 heavy (non-hydrogen) atoms. The molecule has 0 aromatic rings. The summed E-state index contributed by atoms with van der Waals surface area (Å²) in [5, 5.41) is 5.92. The third-order valence-electron chi connectivity index (χ3n) is 9.37. The van der Waals surface area contributed by atoms with Crippen molar-refractivity contribution in [2.24, 2.45) is 11.3 Å². The maximum absolute atomic E-state index is 14.2. The molecule has 268 valence electrons. The molecule has 2 fully saturated rings. The highest BCUT2D eigenvalue weighted by molar-refractivity contribution is 7.98. The highest BCUT2D eigenvalue weighted by atomic mass is 32.2. The summed E-state index contributed by atoms with van der Waals surface area (Å²) in [6.45, 7) is 17.0. The number of carbonyl (C=O) groups excluding carboxylic acids is 5. The van der Waals surface area contributed by atoms with E-state index in [1.807, 2.05) is 40.9 Å². The van der Waals surface area contributed by atoms with Crippen LogP contribution < -0.4 is 10.6 Å². The normalized spacial score (nSPS) is 21.3. The molecule has 11 nitrogen and oxygen atoms in total. The molecular formula is C35H61N5O6S. The monoisotopic (exact) mass is 679 g/mol. The second-order valence-corrected chi connectivity index (χ2v) is 15.7. The topological polar surface area (TPSA) is 128 Å². The molecule has 5 atom stereocenters. The smallest absolute Gasteiger partial charge is 0.328 e. The molecule has 2 rings (SSSR count). The first-order chi connectivity index (χ1) is 22.0. The minimum atomic E-state index is -0.776. The van der Waals surface area contributed by atoms with Gasteiger partial charge in [0.2, 0.25) is 23.6 Å². The van der Waals surface area contributed by atoms with Gasteiger partial charge in [-0.3, -0.25) is 24.1 Å². The Morgan fingerprint density at radius 2 is 1.57 bits per heavy atom. The van der Waals surface area contributed by atoms with Gasteiger partial charge in [-0.05, 0) is 82.8 Å². The lowest BCUT2D eigenvalue weighted by Gasteiger charge is -2.41. The molecule has 0 aromatic carbocycles. The summed E-state index contributed by atoms with van der Waals surface area (Å²) in [5.74, 6) is -0.852. The number of likely N-dealkylation sites (tertiary alicyclic amines) is 2. The number of carbonyl (C=O) groups is 5. The van der Waals surface area contributed by atoms with Crippen LogP contribution in [0.25, 0.3) is 0 Å². The first-order valence-electron chi connectivity index (χ1n) is 17.1. The molecule has 12 heteroatoms. The minimum absolute atomic E-state index is 0.0345. The Bertz CT molecular complexity index is 1140. The van der Waals surface area contributed by atoms with Crippen molar-refractivity contribution in [2.75, 3.05) is 39.3 Å². The summed E-state index contributed by atoms with van der Waals surface area (Å²) in [6, 6.07) is -2.71. The van der Waals surface area contributed by atoms with Gasteiger partial charge in [0.1, 0.15) is 18.1 Å². The fourth-order valence-electron chi connectivity index (χ4n) is 6.57. The molecule has 5 unspecified atom stereocenters. The summed E-state index contributed by atoms with van der Waals surface area (Å²) in [6.07, 6.45) is 8.12. The average molecular weight is 680 g/mol. The summed E-state index contributed by atoms with van der Waals surface area (Å²) in [4.78, 5) is 72.6. The zero-order valence-corrected chi connectivity index (χ0v) is 31.5. The van der Waals surface area contributed by atoms with Gasteiger partial charge < -0.3 is 25.2 Å². The third kappa shape index (κ3) is 11.0. The Balaban J connectivity index is 2.26. The maximum atomic E-state index is 14.2. The number of piperidine rings is 1. The fourth-order valence-corrected chi connectivity index (χ4v) is 7.05. The molecule has 0 saturated carbocycles. The Labute approximate surface area is 287 Å². The van der Waals surface area contributed by atoms with Crippen molar-refractivity contribution >= 4 is 41.4 Å². The number of esters is 1. The largest absolute Gasteiger partial charge is 0.467 e. The Hall–Kier alpha value is -2.60. The van der Waals surface area contributed by atoms with Crippen molar-refractivity contribution in [1.29, 1.82) is 0 Å². The third-order valence-corrected chi connectivity index (χ3v) is 10.0. The number of nitrogens with zero attached hydrogens (tertiary/aromatic N) is 3. The number of hydrogen-bond donors (Lipinski definition) is 2. The van der Waals surface area contributed by atoms with Gasteiger partial charge >= 0.3 is 5.97 Å². The summed E-state index contributed by atoms with van der Waals surface area (Å²) in [7, 11) is 3.02. The minimum Gasteiger partial charge on any atom is -0.467 e. The van der Waals surface area contributed by atoms with Gasteiger partial charge in [-0.1, -0.05) is 47.1 Å². The molecule has 2 heterocycles. The van der Waals surface area contributed by atoms with Crippen molar-refractivity contribution in [3.63, 3.8) is 0 Å². The fraction of sp³-hybridized carbons (Fsp3) is 0.800. The van der Waals surface area contributed by atoms with E-state index >= 15 is 0 Å². The van der Waals surface area contributed by atoms with Crippen LogP contribution in [0.15, 0.2) is 11.6 Å². The van der Waals surface area contributed by atoms with Gasteiger partial charge in [0, 0.05) is 25.2 Å². The van der Waals surface area contributed by atoms with Crippen LogP contribution in [-0.2, 0) is 28.7 Å². The van der Waals surface area contributed by atoms with Crippen molar-refractivity contribution in [1.82, 2.24) is 25.3 Å². The van der Waals surface area contributed by atoms with Crippen LogP contribution in [0.4, 0.5) is 0 Å². The van der Waals surface area contributed by atoms with Gasteiger partial charge in [0.05, 0.1) is 19.2 Å².